The molecule has 1 nitrogen and oxygen atoms in total. The van der Waals surface area contributed by atoms with E-state index in [0.717, 1.165) is 12.8 Å². The Morgan fingerprint density at radius 3 is 2.16 bits per heavy atom. The summed E-state index contributed by atoms with van der Waals surface area (Å²) in [6, 6.07) is 21.0. The summed E-state index contributed by atoms with van der Waals surface area (Å²) in [7, 11) is 2.22. The highest BCUT2D eigenvalue weighted by atomic mass is 32.2. The third-order valence-electron chi connectivity index (χ3n) is 7.69. The maximum Gasteiger partial charge on any atom is 0.222 e. The lowest BCUT2D eigenvalue weighted by atomic mass is 9.83. The van der Waals surface area contributed by atoms with Crippen LogP contribution in [0.15, 0.2) is 70.6 Å². The van der Waals surface area contributed by atoms with Crippen LogP contribution in [0.5, 0.6) is 0 Å². The summed E-state index contributed by atoms with van der Waals surface area (Å²) in [5.74, 6) is 0. The Morgan fingerprint density at radius 2 is 1.46 bits per heavy atom. The van der Waals surface area contributed by atoms with E-state index in [9.17, 15) is 0 Å². The standard InChI is InChI=1S/C35H38NS/c1-21-24-11-9-10-12-26(24)28(20-35(5,6)7)33-30(21)32-31-27(15-16-36(32)8)25-14-13-22(19-34(2,3)4)17-23(25)18-29(31)37-33/h9-18H,19-20H2,1-8H3/q+1. The van der Waals surface area contributed by atoms with E-state index in [-0.39, 0.29) is 10.8 Å². The first kappa shape index (κ1) is 24.5. The summed E-state index contributed by atoms with van der Waals surface area (Å²) >= 11 is 2.00. The molecule has 6 rings (SSSR count). The van der Waals surface area contributed by atoms with Gasteiger partial charge in [0.25, 0.3) is 0 Å². The number of fused-ring (bicyclic) bond motifs is 5. The molecule has 0 atom stereocenters. The van der Waals surface area contributed by atoms with Crippen molar-refractivity contribution in [2.24, 2.45) is 17.9 Å². The molecule has 4 aromatic carbocycles. The Bertz CT molecular complexity index is 1730. The minimum absolute atomic E-state index is 0.200. The van der Waals surface area contributed by atoms with Crippen LogP contribution in [0.4, 0.5) is 0 Å². The second-order valence-corrected chi connectivity index (χ2v) is 14.5. The van der Waals surface area contributed by atoms with E-state index >= 15 is 0 Å². The first-order chi connectivity index (χ1) is 17.4. The number of hydrogen-bond donors (Lipinski definition) is 0. The Labute approximate surface area is 225 Å². The molecule has 0 radical (unpaired) electrons. The molecule has 0 unspecified atom stereocenters. The molecule has 5 aromatic rings. The number of hydrogen-bond acceptors (Lipinski definition) is 1. The van der Waals surface area contributed by atoms with Crippen LogP contribution in [0, 0.1) is 17.8 Å². The van der Waals surface area contributed by atoms with Crippen LogP contribution in [0.2, 0.25) is 0 Å². The number of aryl methyl sites for hydroxylation is 2. The van der Waals surface area contributed by atoms with E-state index in [0.29, 0.717) is 0 Å². The van der Waals surface area contributed by atoms with Crippen LogP contribution in [-0.4, -0.2) is 0 Å². The van der Waals surface area contributed by atoms with Crippen molar-refractivity contribution >= 4 is 44.1 Å². The van der Waals surface area contributed by atoms with Gasteiger partial charge in [-0.25, -0.2) is 4.57 Å². The highest BCUT2D eigenvalue weighted by Gasteiger charge is 2.33. The van der Waals surface area contributed by atoms with E-state index in [1.807, 2.05) is 11.8 Å². The molecular formula is C35H38NS+. The normalized spacial score (nSPS) is 13.5. The average Bonchev–Trinajstić information content (AvgIpc) is 2.81. The van der Waals surface area contributed by atoms with Crippen LogP contribution in [0.25, 0.3) is 43.6 Å². The molecule has 0 amide bonds. The second kappa shape index (κ2) is 8.33. The zero-order valence-corrected chi connectivity index (χ0v) is 24.4. The van der Waals surface area contributed by atoms with Gasteiger partial charge < -0.3 is 0 Å². The molecule has 0 saturated heterocycles. The van der Waals surface area contributed by atoms with Gasteiger partial charge in [-0.15, -0.1) is 0 Å². The van der Waals surface area contributed by atoms with Crippen molar-refractivity contribution in [2.45, 2.75) is 71.1 Å². The fourth-order valence-electron chi connectivity index (χ4n) is 6.28. The van der Waals surface area contributed by atoms with Crippen molar-refractivity contribution in [1.82, 2.24) is 0 Å². The van der Waals surface area contributed by atoms with Crippen LogP contribution >= 0.6 is 11.8 Å². The zero-order chi connectivity index (χ0) is 26.3. The Morgan fingerprint density at radius 1 is 0.757 bits per heavy atom. The lowest BCUT2D eigenvalue weighted by molar-refractivity contribution is -0.659. The van der Waals surface area contributed by atoms with Crippen LogP contribution in [0.1, 0.15) is 58.2 Å². The molecule has 0 spiro atoms. The molecule has 1 aliphatic rings. The first-order valence-electron chi connectivity index (χ1n) is 13.5. The fraction of sp³-hybridized carbons (Fsp3) is 0.343. The van der Waals surface area contributed by atoms with Crippen molar-refractivity contribution in [1.29, 1.82) is 0 Å². The highest BCUT2D eigenvalue weighted by Crippen LogP contribution is 2.53. The summed E-state index contributed by atoms with van der Waals surface area (Å²) in [4.78, 5) is 2.84. The fourth-order valence-corrected chi connectivity index (χ4v) is 7.65. The number of benzene rings is 4. The van der Waals surface area contributed by atoms with Crippen LogP contribution in [-0.2, 0) is 19.9 Å². The summed E-state index contributed by atoms with van der Waals surface area (Å²) in [6.07, 6.45) is 4.41. The maximum atomic E-state index is 2.46. The van der Waals surface area contributed by atoms with Gasteiger partial charge in [-0.05, 0) is 74.9 Å². The van der Waals surface area contributed by atoms with Gasteiger partial charge in [0.1, 0.15) is 7.05 Å². The molecule has 1 aromatic heterocycles. The van der Waals surface area contributed by atoms with E-state index < -0.39 is 0 Å². The number of aromatic nitrogens is 1. The third kappa shape index (κ3) is 4.14. The first-order valence-corrected chi connectivity index (χ1v) is 14.3. The minimum Gasteiger partial charge on any atom is -0.200 e. The number of pyridine rings is 1. The summed E-state index contributed by atoms with van der Waals surface area (Å²) < 4.78 is 2.35. The predicted molar refractivity (Wildman–Crippen MR) is 161 cm³/mol. The van der Waals surface area contributed by atoms with Crippen LogP contribution in [0.3, 0.4) is 0 Å². The molecule has 2 heteroatoms. The minimum atomic E-state index is 0.200. The SMILES string of the molecule is Cc1c2c(c(CC(C)(C)C)c3ccccc13)Sc1cc3cc(CC(C)(C)C)ccc3c3cc[n+](C)c-2c13. The number of rotatable bonds is 2. The molecule has 37 heavy (non-hydrogen) atoms. The maximum absolute atomic E-state index is 2.46. The quantitative estimate of drug-likeness (QED) is 0.168. The molecule has 188 valence electrons. The topological polar surface area (TPSA) is 3.88 Å². The smallest absolute Gasteiger partial charge is 0.200 e. The van der Waals surface area contributed by atoms with Gasteiger partial charge in [0.05, 0.1) is 10.9 Å². The monoisotopic (exact) mass is 504 g/mol. The van der Waals surface area contributed by atoms with Crippen LogP contribution < -0.4 is 4.57 Å². The molecule has 0 fully saturated rings. The van der Waals surface area contributed by atoms with Gasteiger partial charge >= 0.3 is 0 Å². The highest BCUT2D eigenvalue weighted by molar-refractivity contribution is 8.00. The lowest BCUT2D eigenvalue weighted by Crippen LogP contribution is -2.32. The average molecular weight is 505 g/mol. The second-order valence-electron chi connectivity index (χ2n) is 13.4. The van der Waals surface area contributed by atoms with Crippen molar-refractivity contribution in [3.8, 4) is 11.3 Å². The third-order valence-corrected chi connectivity index (χ3v) is 8.88. The molecule has 0 bridgehead atoms. The van der Waals surface area contributed by atoms with E-state index in [1.165, 1.54) is 70.1 Å². The van der Waals surface area contributed by atoms with Crippen molar-refractivity contribution in [3.63, 3.8) is 0 Å². The van der Waals surface area contributed by atoms with E-state index in [2.05, 4.69) is 121 Å². The van der Waals surface area contributed by atoms with Gasteiger partial charge in [-0.1, -0.05) is 95.8 Å². The zero-order valence-electron chi connectivity index (χ0n) is 23.5. The van der Waals surface area contributed by atoms with Gasteiger partial charge in [0.2, 0.25) is 5.69 Å². The molecule has 0 saturated carbocycles. The molecule has 0 N–H and O–H groups in total. The van der Waals surface area contributed by atoms with E-state index in [1.54, 1.807) is 0 Å². The Balaban J connectivity index is 1.71. The predicted octanol–water partition coefficient (Wildman–Crippen LogP) is 9.59. The molecule has 2 heterocycles. The van der Waals surface area contributed by atoms with Gasteiger partial charge in [-0.3, -0.25) is 0 Å². The van der Waals surface area contributed by atoms with Crippen molar-refractivity contribution in [3.05, 3.63) is 77.5 Å². The summed E-state index contributed by atoms with van der Waals surface area (Å²) in [6.45, 7) is 16.4. The summed E-state index contributed by atoms with van der Waals surface area (Å²) in [5.41, 5.74) is 7.57. The van der Waals surface area contributed by atoms with Gasteiger partial charge in [-0.2, -0.15) is 0 Å². The van der Waals surface area contributed by atoms with E-state index in [4.69, 9.17) is 0 Å². The van der Waals surface area contributed by atoms with Gasteiger partial charge in [0.15, 0.2) is 6.20 Å². The Hall–Kier alpha value is -2.84. The number of nitrogens with zero attached hydrogens (tertiary/aromatic N) is 1. The van der Waals surface area contributed by atoms with Gasteiger partial charge in [0, 0.05) is 21.2 Å². The molecule has 0 aliphatic carbocycles. The van der Waals surface area contributed by atoms with Crippen molar-refractivity contribution < 1.29 is 4.57 Å². The largest absolute Gasteiger partial charge is 0.222 e. The lowest BCUT2D eigenvalue weighted by Gasteiger charge is -2.28. The molecular weight excluding hydrogens is 466 g/mol. The van der Waals surface area contributed by atoms with Crippen molar-refractivity contribution in [2.75, 3.05) is 0 Å². The summed E-state index contributed by atoms with van der Waals surface area (Å²) in [5, 5.41) is 8.28. The Kier molecular flexibility index (Phi) is 5.52. The molecule has 1 aliphatic heterocycles.